The van der Waals surface area contributed by atoms with Gasteiger partial charge in [0.05, 0.1) is 34.9 Å². The van der Waals surface area contributed by atoms with E-state index in [1.807, 2.05) is 92.7 Å². The van der Waals surface area contributed by atoms with Gasteiger partial charge in [-0.1, -0.05) is 54.6 Å². The minimum absolute atomic E-state index is 0.181. The van der Waals surface area contributed by atoms with Gasteiger partial charge in [-0.15, -0.1) is 0 Å². The number of nitrogens with one attached hydrogen (secondary N) is 2. The smallest absolute Gasteiger partial charge is 0.255 e. The van der Waals surface area contributed by atoms with Crippen LogP contribution in [0.3, 0.4) is 0 Å². The first-order chi connectivity index (χ1) is 15.7. The lowest BCUT2D eigenvalue weighted by Crippen LogP contribution is -2.31. The third kappa shape index (κ3) is 3.39. The molecular weight excluding hydrogens is 400 g/mol. The zero-order chi connectivity index (χ0) is 22.1. The number of nitrogens with zero attached hydrogens (tertiary/aromatic N) is 2. The minimum atomic E-state index is -0.320. The first-order valence-electron chi connectivity index (χ1n) is 10.7. The number of anilines is 2. The number of hydrogen-bond acceptors (Lipinski definition) is 4. The largest absolute Gasteiger partial charge is 0.492 e. The number of para-hydroxylation sites is 4. The van der Waals surface area contributed by atoms with Gasteiger partial charge in [0, 0.05) is 5.70 Å². The van der Waals surface area contributed by atoms with Gasteiger partial charge in [0.15, 0.2) is 0 Å². The first kappa shape index (κ1) is 19.9. The second-order valence-corrected chi connectivity index (χ2v) is 7.65. The predicted molar refractivity (Wildman–Crippen MR) is 127 cm³/mol. The molecule has 32 heavy (non-hydrogen) atoms. The molecule has 2 heterocycles. The maximum Gasteiger partial charge on any atom is 0.255 e. The SMILES string of the molecule is CCOc1ccccc1NC(=O)C1=C(C)Nc2nc3ccccc3n2[C@@H]1c1ccccc1. The van der Waals surface area contributed by atoms with Crippen molar-refractivity contribution in [1.29, 1.82) is 0 Å². The number of rotatable bonds is 5. The number of benzene rings is 3. The van der Waals surface area contributed by atoms with Gasteiger partial charge < -0.3 is 15.4 Å². The number of carbonyl (C=O) groups is 1. The van der Waals surface area contributed by atoms with Crippen LogP contribution in [-0.2, 0) is 4.79 Å². The highest BCUT2D eigenvalue weighted by Crippen LogP contribution is 2.39. The van der Waals surface area contributed by atoms with E-state index in [4.69, 9.17) is 9.72 Å². The molecule has 1 aliphatic rings. The monoisotopic (exact) mass is 424 g/mol. The maximum atomic E-state index is 13.7. The van der Waals surface area contributed by atoms with Crippen molar-refractivity contribution in [2.75, 3.05) is 17.2 Å². The van der Waals surface area contributed by atoms with E-state index in [1.165, 1.54) is 0 Å². The molecule has 0 radical (unpaired) electrons. The quantitative estimate of drug-likeness (QED) is 0.452. The normalized spacial score (nSPS) is 15.2. The van der Waals surface area contributed by atoms with Crippen molar-refractivity contribution in [3.63, 3.8) is 0 Å². The summed E-state index contributed by atoms with van der Waals surface area (Å²) in [5, 5.41) is 6.42. The predicted octanol–water partition coefficient (Wildman–Crippen LogP) is 5.36. The molecular formula is C26H24N4O2. The van der Waals surface area contributed by atoms with Crippen molar-refractivity contribution >= 4 is 28.6 Å². The Hall–Kier alpha value is -4.06. The lowest BCUT2D eigenvalue weighted by Gasteiger charge is -2.30. The summed E-state index contributed by atoms with van der Waals surface area (Å²) in [4.78, 5) is 18.4. The summed E-state index contributed by atoms with van der Waals surface area (Å²) < 4.78 is 7.80. The molecule has 6 nitrogen and oxygen atoms in total. The van der Waals surface area contributed by atoms with Crippen molar-refractivity contribution in [3.8, 4) is 5.75 Å². The van der Waals surface area contributed by atoms with E-state index in [2.05, 4.69) is 15.2 Å². The van der Waals surface area contributed by atoms with E-state index in [9.17, 15) is 4.79 Å². The number of imidazole rings is 1. The van der Waals surface area contributed by atoms with Crippen LogP contribution in [0.15, 0.2) is 90.1 Å². The Morgan fingerprint density at radius 2 is 1.75 bits per heavy atom. The first-order valence-corrected chi connectivity index (χ1v) is 10.7. The lowest BCUT2D eigenvalue weighted by atomic mass is 9.94. The van der Waals surface area contributed by atoms with Crippen LogP contribution in [0.4, 0.5) is 11.6 Å². The van der Waals surface area contributed by atoms with E-state index in [1.54, 1.807) is 0 Å². The third-order valence-corrected chi connectivity index (χ3v) is 5.63. The van der Waals surface area contributed by atoms with Gasteiger partial charge in [0.1, 0.15) is 5.75 Å². The fourth-order valence-corrected chi connectivity index (χ4v) is 4.25. The molecule has 0 saturated carbocycles. The Kier molecular flexibility index (Phi) is 5.11. The minimum Gasteiger partial charge on any atom is -0.492 e. The third-order valence-electron chi connectivity index (χ3n) is 5.63. The Morgan fingerprint density at radius 1 is 1.03 bits per heavy atom. The zero-order valence-corrected chi connectivity index (χ0v) is 18.0. The summed E-state index contributed by atoms with van der Waals surface area (Å²) in [7, 11) is 0. The summed E-state index contributed by atoms with van der Waals surface area (Å²) in [5.41, 5.74) is 4.92. The number of allylic oxidation sites excluding steroid dienone is 1. The molecule has 1 aromatic heterocycles. The molecule has 160 valence electrons. The van der Waals surface area contributed by atoms with Gasteiger partial charge in [-0.2, -0.15) is 0 Å². The molecule has 1 amide bonds. The number of fused-ring (bicyclic) bond motifs is 3. The van der Waals surface area contributed by atoms with E-state index in [0.717, 1.165) is 28.2 Å². The topological polar surface area (TPSA) is 68.2 Å². The maximum absolute atomic E-state index is 13.7. The van der Waals surface area contributed by atoms with Crippen LogP contribution in [0.1, 0.15) is 25.5 Å². The molecule has 1 atom stereocenters. The van der Waals surface area contributed by atoms with E-state index >= 15 is 0 Å². The van der Waals surface area contributed by atoms with Gasteiger partial charge in [0.25, 0.3) is 5.91 Å². The van der Waals surface area contributed by atoms with Crippen molar-refractivity contribution in [2.24, 2.45) is 0 Å². The van der Waals surface area contributed by atoms with Crippen LogP contribution in [-0.4, -0.2) is 22.1 Å². The van der Waals surface area contributed by atoms with Crippen LogP contribution >= 0.6 is 0 Å². The highest BCUT2D eigenvalue weighted by molar-refractivity contribution is 6.07. The Morgan fingerprint density at radius 3 is 2.56 bits per heavy atom. The molecule has 0 fully saturated rings. The second kappa shape index (κ2) is 8.23. The van der Waals surface area contributed by atoms with Crippen molar-refractivity contribution in [2.45, 2.75) is 19.9 Å². The van der Waals surface area contributed by atoms with E-state index in [0.29, 0.717) is 23.6 Å². The van der Waals surface area contributed by atoms with Crippen molar-refractivity contribution < 1.29 is 9.53 Å². The van der Waals surface area contributed by atoms with Crippen molar-refractivity contribution in [1.82, 2.24) is 9.55 Å². The van der Waals surface area contributed by atoms with Gasteiger partial charge >= 0.3 is 0 Å². The van der Waals surface area contributed by atoms with Crippen LogP contribution < -0.4 is 15.4 Å². The summed E-state index contributed by atoms with van der Waals surface area (Å²) in [5.74, 6) is 1.19. The molecule has 0 saturated heterocycles. The van der Waals surface area contributed by atoms with Crippen LogP contribution in [0.2, 0.25) is 0 Å². The summed E-state index contributed by atoms with van der Waals surface area (Å²) in [6.07, 6.45) is 0. The molecule has 5 rings (SSSR count). The van der Waals surface area contributed by atoms with Gasteiger partial charge in [-0.05, 0) is 43.7 Å². The van der Waals surface area contributed by atoms with Gasteiger partial charge in [-0.25, -0.2) is 4.98 Å². The zero-order valence-electron chi connectivity index (χ0n) is 18.0. The molecule has 6 heteroatoms. The molecule has 0 spiro atoms. The van der Waals surface area contributed by atoms with Gasteiger partial charge in [-0.3, -0.25) is 9.36 Å². The highest BCUT2D eigenvalue weighted by atomic mass is 16.5. The fraction of sp³-hybridized carbons (Fsp3) is 0.154. The molecule has 0 aliphatic carbocycles. The number of aromatic nitrogens is 2. The average molecular weight is 425 g/mol. The summed E-state index contributed by atoms with van der Waals surface area (Å²) in [6.45, 7) is 4.36. The lowest BCUT2D eigenvalue weighted by molar-refractivity contribution is -0.113. The molecule has 3 aromatic carbocycles. The van der Waals surface area contributed by atoms with Crippen LogP contribution in [0, 0.1) is 0 Å². The number of hydrogen-bond donors (Lipinski definition) is 2. The number of ether oxygens (including phenoxy) is 1. The molecule has 2 N–H and O–H groups in total. The summed E-state index contributed by atoms with van der Waals surface area (Å²) >= 11 is 0. The van der Waals surface area contributed by atoms with Gasteiger partial charge in [0.2, 0.25) is 5.95 Å². The Bertz CT molecular complexity index is 1320. The number of carbonyl (C=O) groups excluding carboxylic acids is 1. The fourth-order valence-electron chi connectivity index (χ4n) is 4.25. The van der Waals surface area contributed by atoms with Crippen molar-refractivity contribution in [3.05, 3.63) is 95.7 Å². The summed E-state index contributed by atoms with van der Waals surface area (Å²) in [6, 6.07) is 25.2. The van der Waals surface area contributed by atoms with Crippen LogP contribution in [0.25, 0.3) is 11.0 Å². The van der Waals surface area contributed by atoms with E-state index in [-0.39, 0.29) is 11.9 Å². The van der Waals surface area contributed by atoms with E-state index < -0.39 is 0 Å². The van der Waals surface area contributed by atoms with Crippen LogP contribution in [0.5, 0.6) is 5.75 Å². The second-order valence-electron chi connectivity index (χ2n) is 7.65. The number of amides is 1. The standard InChI is InChI=1S/C26H24N4O2/c1-3-32-22-16-10-8-14-20(22)28-25(31)23-17(2)27-26-29-19-13-7-9-15-21(19)30(26)24(23)18-11-5-4-6-12-18/h4-16,24H,3H2,1-2H3,(H,27,29)(H,28,31)/t24-/m1/s1. The molecule has 1 aliphatic heterocycles. The average Bonchev–Trinajstić information content (AvgIpc) is 3.18. The Labute approximate surface area is 186 Å². The molecule has 4 aromatic rings. The highest BCUT2D eigenvalue weighted by Gasteiger charge is 2.34. The Balaban J connectivity index is 1.63. The molecule has 0 unspecified atom stereocenters. The molecule has 0 bridgehead atoms.